The minimum atomic E-state index is -0.109. The average Bonchev–Trinajstić information content (AvgIpc) is 2.74. The first-order chi connectivity index (χ1) is 14.1. The number of H-pyrrole nitrogens is 1. The largest absolute Gasteiger partial charge is 0.496 e. The van der Waals surface area contributed by atoms with E-state index in [-0.39, 0.29) is 5.56 Å². The van der Waals surface area contributed by atoms with Gasteiger partial charge in [0, 0.05) is 31.4 Å². The van der Waals surface area contributed by atoms with Crippen LogP contribution in [-0.4, -0.2) is 45.6 Å². The summed E-state index contributed by atoms with van der Waals surface area (Å²) < 4.78 is 11.0. The number of nitrogens with one attached hydrogen (secondary N) is 1. The monoisotopic (exact) mass is 393 g/mol. The molecule has 0 saturated carbocycles. The maximum absolute atomic E-state index is 12.6. The lowest BCUT2D eigenvalue weighted by atomic mass is 10.0. The van der Waals surface area contributed by atoms with Crippen molar-refractivity contribution in [2.75, 3.05) is 20.8 Å². The summed E-state index contributed by atoms with van der Waals surface area (Å²) in [6.07, 6.45) is 3.92. The third-order valence-corrected chi connectivity index (χ3v) is 5.09. The fourth-order valence-corrected chi connectivity index (χ4v) is 3.57. The van der Waals surface area contributed by atoms with Crippen LogP contribution in [0.15, 0.2) is 35.4 Å². The van der Waals surface area contributed by atoms with Crippen LogP contribution in [0.1, 0.15) is 22.5 Å². The molecule has 0 spiro atoms. The van der Waals surface area contributed by atoms with E-state index in [0.717, 1.165) is 40.6 Å². The number of hydrogen-bond donors (Lipinski definition) is 1. The highest BCUT2D eigenvalue weighted by Crippen LogP contribution is 2.30. The molecule has 8 nitrogen and oxygen atoms in total. The number of benzene rings is 1. The molecule has 29 heavy (non-hydrogen) atoms. The Bertz CT molecular complexity index is 1060. The lowest BCUT2D eigenvalue weighted by Crippen LogP contribution is -2.35. The van der Waals surface area contributed by atoms with E-state index in [1.54, 1.807) is 26.6 Å². The predicted molar refractivity (Wildman–Crippen MR) is 108 cm³/mol. The van der Waals surface area contributed by atoms with E-state index < -0.39 is 0 Å². The summed E-state index contributed by atoms with van der Waals surface area (Å²) in [5.41, 5.74) is 3.74. The first kappa shape index (κ1) is 19.1. The van der Waals surface area contributed by atoms with E-state index >= 15 is 0 Å². The van der Waals surface area contributed by atoms with Gasteiger partial charge in [-0.2, -0.15) is 0 Å². The van der Waals surface area contributed by atoms with Crippen molar-refractivity contribution >= 4 is 0 Å². The number of fused-ring (bicyclic) bond motifs is 1. The maximum Gasteiger partial charge on any atom is 0.254 e. The molecule has 0 atom stereocenters. The molecule has 2 aromatic heterocycles. The summed E-state index contributed by atoms with van der Waals surface area (Å²) in [4.78, 5) is 30.9. The Labute approximate surface area is 168 Å². The highest BCUT2D eigenvalue weighted by atomic mass is 16.5. The number of rotatable bonds is 5. The fraction of sp³-hybridized carbons (Fsp3) is 0.333. The van der Waals surface area contributed by atoms with Gasteiger partial charge >= 0.3 is 0 Å². The van der Waals surface area contributed by atoms with Crippen molar-refractivity contribution < 1.29 is 9.47 Å². The van der Waals surface area contributed by atoms with Crippen LogP contribution >= 0.6 is 0 Å². The molecule has 0 saturated heterocycles. The third kappa shape index (κ3) is 3.84. The molecule has 1 aliphatic heterocycles. The van der Waals surface area contributed by atoms with Gasteiger partial charge in [-0.05, 0) is 25.5 Å². The quantitative estimate of drug-likeness (QED) is 0.710. The van der Waals surface area contributed by atoms with E-state index in [4.69, 9.17) is 9.47 Å². The van der Waals surface area contributed by atoms with Gasteiger partial charge in [-0.1, -0.05) is 6.07 Å². The summed E-state index contributed by atoms with van der Waals surface area (Å²) in [5.74, 6) is 2.01. The molecule has 4 rings (SSSR count). The lowest BCUT2D eigenvalue weighted by molar-refractivity contribution is 0.233. The van der Waals surface area contributed by atoms with E-state index in [1.807, 2.05) is 25.1 Å². The molecular weight excluding hydrogens is 370 g/mol. The normalized spacial score (nSPS) is 13.8. The molecule has 1 N–H and O–H groups in total. The SMILES string of the molecule is COc1cccc(OC)c1CN1CCc2c(nc(-c3cnc(C)cn3)[nH]c2=O)C1. The fourth-order valence-electron chi connectivity index (χ4n) is 3.57. The van der Waals surface area contributed by atoms with Gasteiger partial charge in [0.05, 0.1) is 37.4 Å². The molecule has 150 valence electrons. The van der Waals surface area contributed by atoms with Crippen molar-refractivity contribution in [3.05, 3.63) is 63.5 Å². The maximum atomic E-state index is 12.6. The van der Waals surface area contributed by atoms with Gasteiger partial charge in [-0.15, -0.1) is 0 Å². The smallest absolute Gasteiger partial charge is 0.254 e. The molecule has 0 radical (unpaired) electrons. The second kappa shape index (κ2) is 8.00. The van der Waals surface area contributed by atoms with E-state index in [1.165, 1.54) is 0 Å². The van der Waals surface area contributed by atoms with E-state index in [2.05, 4.69) is 24.8 Å². The topological polar surface area (TPSA) is 93.2 Å². The summed E-state index contributed by atoms with van der Waals surface area (Å²) in [6, 6.07) is 5.75. The predicted octanol–water partition coefficient (Wildman–Crippen LogP) is 2.11. The second-order valence-electron chi connectivity index (χ2n) is 6.98. The minimum absolute atomic E-state index is 0.109. The van der Waals surface area contributed by atoms with Crippen molar-refractivity contribution in [3.8, 4) is 23.0 Å². The van der Waals surface area contributed by atoms with Gasteiger partial charge in [-0.25, -0.2) is 9.97 Å². The van der Waals surface area contributed by atoms with Crippen molar-refractivity contribution in [1.29, 1.82) is 0 Å². The number of aromatic nitrogens is 4. The number of hydrogen-bond acceptors (Lipinski definition) is 7. The number of aryl methyl sites for hydroxylation is 1. The Balaban J connectivity index is 1.63. The van der Waals surface area contributed by atoms with Gasteiger partial charge in [0.2, 0.25) is 0 Å². The highest BCUT2D eigenvalue weighted by Gasteiger charge is 2.23. The minimum Gasteiger partial charge on any atom is -0.496 e. The van der Waals surface area contributed by atoms with Gasteiger partial charge in [0.15, 0.2) is 5.82 Å². The second-order valence-corrected chi connectivity index (χ2v) is 6.98. The number of methoxy groups -OCH3 is 2. The van der Waals surface area contributed by atoms with E-state index in [0.29, 0.717) is 31.0 Å². The molecule has 1 aliphatic rings. The standard InChI is InChI=1S/C21H23N5O3/c1-13-9-23-16(10-22-13)20-24-17-12-26(8-7-14(17)21(27)25-20)11-15-18(28-2)5-4-6-19(15)29-3/h4-6,9-10H,7-8,11-12H2,1-3H3,(H,24,25,27). The molecule has 1 aromatic carbocycles. The molecule has 0 amide bonds. The van der Waals surface area contributed by atoms with Crippen LogP contribution in [0.2, 0.25) is 0 Å². The molecule has 0 fully saturated rings. The van der Waals surface area contributed by atoms with Crippen LogP contribution in [0.4, 0.5) is 0 Å². The van der Waals surface area contributed by atoms with Crippen molar-refractivity contribution in [1.82, 2.24) is 24.8 Å². The summed E-state index contributed by atoms with van der Waals surface area (Å²) in [7, 11) is 3.31. The zero-order valence-corrected chi connectivity index (χ0v) is 16.7. The Morgan fingerprint density at radius 1 is 1.14 bits per heavy atom. The molecule has 0 unspecified atom stereocenters. The molecule has 0 bridgehead atoms. The van der Waals surface area contributed by atoms with Crippen molar-refractivity contribution in [2.24, 2.45) is 0 Å². The Morgan fingerprint density at radius 3 is 2.55 bits per heavy atom. The van der Waals surface area contributed by atoms with E-state index in [9.17, 15) is 4.79 Å². The van der Waals surface area contributed by atoms with Crippen LogP contribution in [0, 0.1) is 6.92 Å². The zero-order valence-electron chi connectivity index (χ0n) is 16.7. The molecule has 3 aromatic rings. The average molecular weight is 393 g/mol. The van der Waals surface area contributed by atoms with Gasteiger partial charge in [0.1, 0.15) is 17.2 Å². The first-order valence-corrected chi connectivity index (χ1v) is 9.42. The van der Waals surface area contributed by atoms with Crippen LogP contribution in [-0.2, 0) is 19.5 Å². The molecule has 3 heterocycles. The van der Waals surface area contributed by atoms with Gasteiger partial charge < -0.3 is 14.5 Å². The Hall–Kier alpha value is -3.26. The summed E-state index contributed by atoms with van der Waals surface area (Å²) in [5, 5.41) is 0. The Kier molecular flexibility index (Phi) is 5.26. The van der Waals surface area contributed by atoms with Gasteiger partial charge in [0.25, 0.3) is 5.56 Å². The zero-order chi connectivity index (χ0) is 20.4. The summed E-state index contributed by atoms with van der Waals surface area (Å²) >= 11 is 0. The summed E-state index contributed by atoms with van der Waals surface area (Å²) in [6.45, 7) is 3.82. The highest BCUT2D eigenvalue weighted by molar-refractivity contribution is 5.48. The Morgan fingerprint density at radius 2 is 1.90 bits per heavy atom. The van der Waals surface area contributed by atoms with Crippen LogP contribution in [0.25, 0.3) is 11.5 Å². The molecule has 8 heteroatoms. The van der Waals surface area contributed by atoms with Gasteiger partial charge in [-0.3, -0.25) is 14.7 Å². The van der Waals surface area contributed by atoms with Crippen LogP contribution in [0.3, 0.4) is 0 Å². The first-order valence-electron chi connectivity index (χ1n) is 9.42. The third-order valence-electron chi connectivity index (χ3n) is 5.09. The number of aromatic amines is 1. The van der Waals surface area contributed by atoms with Crippen molar-refractivity contribution in [2.45, 2.75) is 26.4 Å². The number of nitrogens with zero attached hydrogens (tertiary/aromatic N) is 4. The van der Waals surface area contributed by atoms with Crippen molar-refractivity contribution in [3.63, 3.8) is 0 Å². The van der Waals surface area contributed by atoms with Crippen LogP contribution < -0.4 is 15.0 Å². The number of ether oxygens (including phenoxy) is 2. The lowest BCUT2D eigenvalue weighted by Gasteiger charge is -2.28. The molecule has 0 aliphatic carbocycles. The van der Waals surface area contributed by atoms with Crippen LogP contribution in [0.5, 0.6) is 11.5 Å². The molecular formula is C21H23N5O3.